The van der Waals surface area contributed by atoms with Gasteiger partial charge in [0.2, 0.25) is 5.95 Å². The summed E-state index contributed by atoms with van der Waals surface area (Å²) in [5.74, 6) is 0.773. The first-order valence-corrected chi connectivity index (χ1v) is 3.88. The van der Waals surface area contributed by atoms with Crippen LogP contribution in [0.15, 0.2) is 31.1 Å². The minimum Gasteiger partial charge on any atom is -0.358 e. The average Bonchev–Trinajstić information content (AvgIpc) is 2.67. The lowest BCUT2D eigenvalue weighted by molar-refractivity contribution is 1.01. The van der Waals surface area contributed by atoms with E-state index >= 15 is 0 Å². The average molecular weight is 175 g/mol. The van der Waals surface area contributed by atoms with Crippen LogP contribution >= 0.6 is 0 Å². The Balaban J connectivity index is 2.47. The smallest absolute Gasteiger partial charge is 0.207 e. The molecule has 1 N–H and O–H groups in total. The van der Waals surface area contributed by atoms with Crippen molar-refractivity contribution in [2.24, 2.45) is 0 Å². The van der Waals surface area contributed by atoms with Crippen LogP contribution < -0.4 is 5.32 Å². The maximum atomic E-state index is 4.11. The number of anilines is 1. The molecule has 0 aliphatic carbocycles. The molecule has 2 aromatic rings. The molecule has 0 aliphatic rings. The fourth-order valence-corrected chi connectivity index (χ4v) is 1.11. The molecule has 0 atom stereocenters. The summed E-state index contributed by atoms with van der Waals surface area (Å²) in [5.41, 5.74) is 0.893. The van der Waals surface area contributed by atoms with Crippen molar-refractivity contribution in [2.75, 3.05) is 12.4 Å². The molecule has 2 rings (SSSR count). The Bertz CT molecular complexity index is 380. The molecule has 0 radical (unpaired) electrons. The van der Waals surface area contributed by atoms with E-state index in [0.29, 0.717) is 0 Å². The van der Waals surface area contributed by atoms with Crippen molar-refractivity contribution in [1.82, 2.24) is 19.5 Å². The Morgan fingerprint density at radius 1 is 1.31 bits per heavy atom. The topological polar surface area (TPSA) is 55.6 Å². The van der Waals surface area contributed by atoms with E-state index in [-0.39, 0.29) is 0 Å². The van der Waals surface area contributed by atoms with Gasteiger partial charge in [0.15, 0.2) is 0 Å². The maximum Gasteiger partial charge on any atom is 0.207 e. The zero-order chi connectivity index (χ0) is 9.10. The van der Waals surface area contributed by atoms with Crippen molar-refractivity contribution in [2.45, 2.75) is 0 Å². The van der Waals surface area contributed by atoms with Crippen LogP contribution in [-0.2, 0) is 0 Å². The van der Waals surface area contributed by atoms with E-state index in [1.807, 2.05) is 17.8 Å². The zero-order valence-electron chi connectivity index (χ0n) is 7.18. The van der Waals surface area contributed by atoms with E-state index in [1.165, 1.54) is 6.33 Å². The lowest BCUT2D eigenvalue weighted by Crippen LogP contribution is -2.01. The molecule has 2 aromatic heterocycles. The van der Waals surface area contributed by atoms with Crippen LogP contribution in [-0.4, -0.2) is 26.6 Å². The second kappa shape index (κ2) is 3.22. The fourth-order valence-electron chi connectivity index (χ4n) is 1.11. The van der Waals surface area contributed by atoms with Crippen LogP contribution in [0.4, 0.5) is 5.95 Å². The summed E-state index contributed by atoms with van der Waals surface area (Å²) in [4.78, 5) is 12.0. The van der Waals surface area contributed by atoms with E-state index in [0.717, 1.165) is 11.6 Å². The van der Waals surface area contributed by atoms with Gasteiger partial charge in [0.1, 0.15) is 6.33 Å². The third-order valence-corrected chi connectivity index (χ3v) is 1.69. The van der Waals surface area contributed by atoms with Crippen LogP contribution in [0, 0.1) is 0 Å². The Hall–Kier alpha value is -1.91. The monoisotopic (exact) mass is 175 g/mol. The largest absolute Gasteiger partial charge is 0.358 e. The molecule has 13 heavy (non-hydrogen) atoms. The molecular formula is C8H9N5. The van der Waals surface area contributed by atoms with E-state index in [4.69, 9.17) is 0 Å². The Morgan fingerprint density at radius 3 is 2.77 bits per heavy atom. The Kier molecular flexibility index (Phi) is 1.91. The van der Waals surface area contributed by atoms with Crippen LogP contribution in [0.25, 0.3) is 5.69 Å². The van der Waals surface area contributed by atoms with E-state index in [1.54, 1.807) is 18.6 Å². The zero-order valence-corrected chi connectivity index (χ0v) is 7.18. The molecule has 0 saturated heterocycles. The highest BCUT2D eigenvalue weighted by molar-refractivity contribution is 5.37. The van der Waals surface area contributed by atoms with Crippen molar-refractivity contribution in [1.29, 1.82) is 0 Å². The van der Waals surface area contributed by atoms with Gasteiger partial charge in [-0.3, -0.25) is 4.57 Å². The van der Waals surface area contributed by atoms with Gasteiger partial charge in [-0.25, -0.2) is 15.0 Å². The molecule has 66 valence electrons. The molecule has 0 spiro atoms. The highest BCUT2D eigenvalue weighted by Crippen LogP contribution is 2.10. The quantitative estimate of drug-likeness (QED) is 0.730. The standard InChI is InChI=1S/C8H9N5/c1-9-8-12-2-3-13(8)7-4-10-6-11-5-7/h2-6H,1H3,(H,9,12). The first kappa shape index (κ1) is 7.72. The first-order valence-electron chi connectivity index (χ1n) is 3.88. The van der Waals surface area contributed by atoms with Crippen molar-refractivity contribution in [3.8, 4) is 5.69 Å². The first-order chi connectivity index (χ1) is 6.42. The van der Waals surface area contributed by atoms with E-state index < -0.39 is 0 Å². The third kappa shape index (κ3) is 1.35. The molecule has 0 fully saturated rings. The summed E-state index contributed by atoms with van der Waals surface area (Å²) in [6.45, 7) is 0. The summed E-state index contributed by atoms with van der Waals surface area (Å²) in [6.07, 6.45) is 8.54. The highest BCUT2D eigenvalue weighted by atomic mass is 15.2. The minimum absolute atomic E-state index is 0.773. The van der Waals surface area contributed by atoms with Gasteiger partial charge in [0.05, 0.1) is 18.1 Å². The number of hydrogen-bond donors (Lipinski definition) is 1. The van der Waals surface area contributed by atoms with Crippen molar-refractivity contribution in [3.63, 3.8) is 0 Å². The SMILES string of the molecule is CNc1nccn1-c1cncnc1. The Morgan fingerprint density at radius 2 is 2.08 bits per heavy atom. The molecular weight excluding hydrogens is 166 g/mol. The van der Waals surface area contributed by atoms with E-state index in [9.17, 15) is 0 Å². The lowest BCUT2D eigenvalue weighted by atomic mass is 10.5. The molecule has 0 aliphatic heterocycles. The van der Waals surface area contributed by atoms with Crippen molar-refractivity contribution < 1.29 is 0 Å². The summed E-state index contributed by atoms with van der Waals surface area (Å²) in [7, 11) is 1.82. The normalized spacial score (nSPS) is 9.92. The molecule has 0 unspecified atom stereocenters. The number of imidazole rings is 1. The summed E-state index contributed by atoms with van der Waals surface area (Å²) < 4.78 is 1.88. The number of nitrogens with one attached hydrogen (secondary N) is 1. The van der Waals surface area contributed by atoms with Gasteiger partial charge < -0.3 is 5.32 Å². The molecule has 0 amide bonds. The molecule has 5 heteroatoms. The molecule has 2 heterocycles. The lowest BCUT2D eigenvalue weighted by Gasteiger charge is -2.04. The second-order valence-electron chi connectivity index (χ2n) is 2.47. The number of rotatable bonds is 2. The molecule has 5 nitrogen and oxygen atoms in total. The number of aromatic nitrogens is 4. The van der Waals surface area contributed by atoms with Crippen molar-refractivity contribution in [3.05, 3.63) is 31.1 Å². The van der Waals surface area contributed by atoms with Crippen LogP contribution in [0.3, 0.4) is 0 Å². The van der Waals surface area contributed by atoms with Gasteiger partial charge in [-0.2, -0.15) is 0 Å². The van der Waals surface area contributed by atoms with Gasteiger partial charge in [-0.05, 0) is 0 Å². The molecule has 0 bridgehead atoms. The van der Waals surface area contributed by atoms with Crippen molar-refractivity contribution >= 4 is 5.95 Å². The maximum absolute atomic E-state index is 4.11. The molecule has 0 aromatic carbocycles. The van der Waals surface area contributed by atoms with Gasteiger partial charge in [-0.15, -0.1) is 0 Å². The summed E-state index contributed by atoms with van der Waals surface area (Å²) >= 11 is 0. The van der Waals surface area contributed by atoms with Crippen LogP contribution in [0.1, 0.15) is 0 Å². The van der Waals surface area contributed by atoms with Gasteiger partial charge in [0.25, 0.3) is 0 Å². The minimum atomic E-state index is 0.773. The fraction of sp³-hybridized carbons (Fsp3) is 0.125. The van der Waals surface area contributed by atoms with Crippen LogP contribution in [0.2, 0.25) is 0 Å². The second-order valence-corrected chi connectivity index (χ2v) is 2.47. The van der Waals surface area contributed by atoms with Gasteiger partial charge in [-0.1, -0.05) is 0 Å². The molecule has 0 saturated carbocycles. The summed E-state index contributed by atoms with van der Waals surface area (Å²) in [5, 5.41) is 2.97. The predicted molar refractivity (Wildman–Crippen MR) is 48.7 cm³/mol. The third-order valence-electron chi connectivity index (χ3n) is 1.69. The number of nitrogens with zero attached hydrogens (tertiary/aromatic N) is 4. The number of hydrogen-bond acceptors (Lipinski definition) is 4. The van der Waals surface area contributed by atoms with E-state index in [2.05, 4.69) is 20.3 Å². The predicted octanol–water partition coefficient (Wildman–Crippen LogP) is 0.704. The highest BCUT2D eigenvalue weighted by Gasteiger charge is 2.01. The summed E-state index contributed by atoms with van der Waals surface area (Å²) in [6, 6.07) is 0. The van der Waals surface area contributed by atoms with Gasteiger partial charge in [0, 0.05) is 19.4 Å². The van der Waals surface area contributed by atoms with Crippen LogP contribution in [0.5, 0.6) is 0 Å². The Labute approximate surface area is 75.5 Å². The van der Waals surface area contributed by atoms with Gasteiger partial charge >= 0.3 is 0 Å².